The third-order valence-corrected chi connectivity index (χ3v) is 4.40. The lowest BCUT2D eigenvalue weighted by atomic mass is 10.0. The van der Waals surface area contributed by atoms with E-state index in [1.165, 1.54) is 17.2 Å². The Morgan fingerprint density at radius 2 is 1.75 bits per heavy atom. The topological polar surface area (TPSA) is 57.4 Å². The predicted octanol–water partition coefficient (Wildman–Crippen LogP) is 4.68. The van der Waals surface area contributed by atoms with Crippen molar-refractivity contribution in [3.05, 3.63) is 58.9 Å². The Morgan fingerprint density at radius 3 is 2.54 bits per heavy atom. The summed E-state index contributed by atoms with van der Waals surface area (Å²) in [5.74, 6) is 0.401. The molecule has 0 atom stereocenters. The first kappa shape index (κ1) is 14.6. The van der Waals surface area contributed by atoms with Crippen LogP contribution in [0, 0.1) is 26.6 Å². The number of aryl methyl sites for hydroxylation is 3. The lowest BCUT2D eigenvalue weighted by molar-refractivity contribution is 0.620. The van der Waals surface area contributed by atoms with Gasteiger partial charge in [-0.15, -0.1) is 0 Å². The molecule has 4 rings (SSSR count). The molecule has 2 heterocycles. The van der Waals surface area contributed by atoms with Crippen LogP contribution in [0.4, 0.5) is 4.39 Å². The monoisotopic (exact) mass is 320 g/mol. The number of imidazole rings is 1. The molecule has 0 unspecified atom stereocenters. The van der Waals surface area contributed by atoms with Crippen molar-refractivity contribution < 1.29 is 4.39 Å². The number of fused-ring (bicyclic) bond motifs is 1. The van der Waals surface area contributed by atoms with Gasteiger partial charge in [-0.25, -0.2) is 9.37 Å². The summed E-state index contributed by atoms with van der Waals surface area (Å²) < 4.78 is 13.7. The summed E-state index contributed by atoms with van der Waals surface area (Å²) in [6, 6.07) is 11.4. The molecule has 4 nitrogen and oxygen atoms in total. The molecule has 0 amide bonds. The number of halogens is 1. The molecule has 0 aliphatic heterocycles. The van der Waals surface area contributed by atoms with Crippen molar-refractivity contribution in [3.63, 3.8) is 0 Å². The zero-order chi connectivity index (χ0) is 16.8. The van der Waals surface area contributed by atoms with E-state index >= 15 is 0 Å². The fraction of sp³-hybridized carbons (Fsp3) is 0.158. The van der Waals surface area contributed by atoms with Gasteiger partial charge in [-0.05, 0) is 55.7 Å². The molecule has 0 saturated carbocycles. The van der Waals surface area contributed by atoms with Crippen molar-refractivity contribution in [3.8, 4) is 22.8 Å². The molecule has 4 aromatic rings. The second-order valence-electron chi connectivity index (χ2n) is 6.17. The number of aromatic amines is 2. The van der Waals surface area contributed by atoms with E-state index < -0.39 is 0 Å². The molecule has 0 spiro atoms. The Hall–Kier alpha value is -2.95. The average molecular weight is 320 g/mol. The maximum atomic E-state index is 13.7. The van der Waals surface area contributed by atoms with Crippen LogP contribution in [0.1, 0.15) is 16.7 Å². The first-order chi connectivity index (χ1) is 11.5. The number of nitrogens with one attached hydrogen (secondary N) is 2. The van der Waals surface area contributed by atoms with E-state index in [9.17, 15) is 4.39 Å². The average Bonchev–Trinajstić information content (AvgIpc) is 3.17. The van der Waals surface area contributed by atoms with Gasteiger partial charge in [-0.1, -0.05) is 12.1 Å². The van der Waals surface area contributed by atoms with Crippen LogP contribution in [0.25, 0.3) is 33.8 Å². The molecule has 2 aromatic carbocycles. The molecule has 0 saturated heterocycles. The van der Waals surface area contributed by atoms with E-state index in [4.69, 9.17) is 0 Å². The Balaban J connectivity index is 1.75. The van der Waals surface area contributed by atoms with Crippen molar-refractivity contribution in [2.24, 2.45) is 0 Å². The minimum absolute atomic E-state index is 0.249. The molecular formula is C19H17FN4. The molecule has 0 radical (unpaired) electrons. The van der Waals surface area contributed by atoms with E-state index in [0.29, 0.717) is 16.9 Å². The summed E-state index contributed by atoms with van der Waals surface area (Å²) in [5.41, 5.74) is 7.18. The smallest absolute Gasteiger partial charge is 0.156 e. The molecule has 0 bridgehead atoms. The van der Waals surface area contributed by atoms with Gasteiger partial charge in [0.15, 0.2) is 5.82 Å². The summed E-state index contributed by atoms with van der Waals surface area (Å²) in [6.45, 7) is 5.91. The number of nitrogens with zero attached hydrogens (tertiary/aromatic N) is 2. The van der Waals surface area contributed by atoms with Crippen molar-refractivity contribution in [2.75, 3.05) is 0 Å². The number of benzene rings is 2. The van der Waals surface area contributed by atoms with Crippen LogP contribution < -0.4 is 0 Å². The SMILES string of the molecule is Cc1ccc(-c2cc(-c3nc4cc(F)c(C)cc4[nH]3)[nH]n2)cc1C. The Kier molecular flexibility index (Phi) is 3.23. The van der Waals surface area contributed by atoms with E-state index in [2.05, 4.69) is 52.2 Å². The van der Waals surface area contributed by atoms with Crippen molar-refractivity contribution in [1.82, 2.24) is 20.2 Å². The fourth-order valence-corrected chi connectivity index (χ4v) is 2.76. The van der Waals surface area contributed by atoms with Crippen LogP contribution in [0.2, 0.25) is 0 Å². The van der Waals surface area contributed by atoms with Crippen molar-refractivity contribution >= 4 is 11.0 Å². The third kappa shape index (κ3) is 2.38. The summed E-state index contributed by atoms with van der Waals surface area (Å²) in [6.07, 6.45) is 0. The zero-order valence-corrected chi connectivity index (χ0v) is 13.7. The number of hydrogen-bond acceptors (Lipinski definition) is 2. The normalized spacial score (nSPS) is 11.3. The highest BCUT2D eigenvalue weighted by molar-refractivity contribution is 5.80. The fourth-order valence-electron chi connectivity index (χ4n) is 2.76. The molecule has 2 aromatic heterocycles. The standard InChI is InChI=1S/C19H17FN4/c1-10-4-5-13(6-11(10)2)15-9-18(24-23-15)19-21-16-7-12(3)14(20)8-17(16)22-19/h4-9H,1-3H3,(H,21,22)(H,23,24). The van der Waals surface area contributed by atoms with Crippen LogP contribution in [0.15, 0.2) is 36.4 Å². The van der Waals surface area contributed by atoms with Crippen molar-refractivity contribution in [1.29, 1.82) is 0 Å². The molecule has 0 fully saturated rings. The van der Waals surface area contributed by atoms with Gasteiger partial charge in [0.25, 0.3) is 0 Å². The summed E-state index contributed by atoms with van der Waals surface area (Å²) in [4.78, 5) is 7.67. The Labute approximate surface area is 138 Å². The predicted molar refractivity (Wildman–Crippen MR) is 93.3 cm³/mol. The second-order valence-corrected chi connectivity index (χ2v) is 6.17. The third-order valence-electron chi connectivity index (χ3n) is 4.40. The maximum absolute atomic E-state index is 13.7. The molecule has 0 aliphatic rings. The molecule has 2 N–H and O–H groups in total. The van der Waals surface area contributed by atoms with E-state index in [-0.39, 0.29) is 5.82 Å². The van der Waals surface area contributed by atoms with Crippen LogP contribution in [-0.2, 0) is 0 Å². The largest absolute Gasteiger partial charge is 0.337 e. The van der Waals surface area contributed by atoms with Crippen LogP contribution in [-0.4, -0.2) is 20.2 Å². The van der Waals surface area contributed by atoms with Gasteiger partial charge in [0.05, 0.1) is 16.7 Å². The lowest BCUT2D eigenvalue weighted by Gasteiger charge is -2.01. The highest BCUT2D eigenvalue weighted by atomic mass is 19.1. The molecule has 0 aliphatic carbocycles. The first-order valence-corrected chi connectivity index (χ1v) is 7.80. The minimum Gasteiger partial charge on any atom is -0.337 e. The number of hydrogen-bond donors (Lipinski definition) is 2. The molecule has 5 heteroatoms. The lowest BCUT2D eigenvalue weighted by Crippen LogP contribution is -1.83. The van der Waals surface area contributed by atoms with E-state index in [0.717, 1.165) is 22.5 Å². The highest BCUT2D eigenvalue weighted by Crippen LogP contribution is 2.26. The minimum atomic E-state index is -0.249. The van der Waals surface area contributed by atoms with Crippen molar-refractivity contribution in [2.45, 2.75) is 20.8 Å². The van der Waals surface area contributed by atoms with Crippen LogP contribution >= 0.6 is 0 Å². The molecule has 120 valence electrons. The maximum Gasteiger partial charge on any atom is 0.156 e. The van der Waals surface area contributed by atoms with E-state index in [1.54, 1.807) is 13.0 Å². The van der Waals surface area contributed by atoms with Gasteiger partial charge < -0.3 is 4.98 Å². The summed E-state index contributed by atoms with van der Waals surface area (Å²) in [7, 11) is 0. The summed E-state index contributed by atoms with van der Waals surface area (Å²) >= 11 is 0. The Bertz CT molecular complexity index is 1020. The zero-order valence-electron chi connectivity index (χ0n) is 13.7. The van der Waals surface area contributed by atoms with Gasteiger partial charge in [-0.3, -0.25) is 5.10 Å². The summed E-state index contributed by atoms with van der Waals surface area (Å²) in [5, 5.41) is 7.39. The molecular weight excluding hydrogens is 303 g/mol. The quantitative estimate of drug-likeness (QED) is 0.563. The van der Waals surface area contributed by atoms with Gasteiger partial charge in [-0.2, -0.15) is 5.10 Å². The van der Waals surface area contributed by atoms with Gasteiger partial charge in [0.1, 0.15) is 11.5 Å². The van der Waals surface area contributed by atoms with Gasteiger partial charge in [0.2, 0.25) is 0 Å². The van der Waals surface area contributed by atoms with Gasteiger partial charge in [0, 0.05) is 11.6 Å². The highest BCUT2D eigenvalue weighted by Gasteiger charge is 2.12. The number of rotatable bonds is 2. The van der Waals surface area contributed by atoms with Crippen LogP contribution in [0.3, 0.4) is 0 Å². The Morgan fingerprint density at radius 1 is 0.917 bits per heavy atom. The molecule has 24 heavy (non-hydrogen) atoms. The first-order valence-electron chi connectivity index (χ1n) is 7.80. The van der Waals surface area contributed by atoms with Crippen LogP contribution in [0.5, 0.6) is 0 Å². The second kappa shape index (κ2) is 5.30. The number of H-pyrrole nitrogens is 2. The number of aromatic nitrogens is 4. The van der Waals surface area contributed by atoms with E-state index in [1.807, 2.05) is 6.07 Å². The van der Waals surface area contributed by atoms with Gasteiger partial charge >= 0.3 is 0 Å².